The van der Waals surface area contributed by atoms with E-state index in [9.17, 15) is 4.79 Å². The molecule has 1 aromatic rings. The summed E-state index contributed by atoms with van der Waals surface area (Å²) in [4.78, 5) is 11.8. The lowest BCUT2D eigenvalue weighted by Gasteiger charge is -2.22. The second kappa shape index (κ2) is 7.82. The lowest BCUT2D eigenvalue weighted by Crippen LogP contribution is -2.36. The van der Waals surface area contributed by atoms with Crippen LogP contribution < -0.4 is 10.1 Å². The molecule has 0 atom stereocenters. The number of hydrogen-bond acceptors (Lipinski definition) is 2. The van der Waals surface area contributed by atoms with E-state index in [-0.39, 0.29) is 5.91 Å². The monoisotopic (exact) mass is 261 g/mol. The van der Waals surface area contributed by atoms with Crippen LogP contribution in [-0.2, 0) is 4.79 Å². The molecule has 3 nitrogen and oxygen atoms in total. The van der Waals surface area contributed by atoms with Gasteiger partial charge in [-0.2, -0.15) is 0 Å². The number of amides is 1. The SMILES string of the molecule is O=C(CCCOc1ccccc1)NC1CCCCC1. The number of ether oxygens (including phenoxy) is 1. The van der Waals surface area contributed by atoms with Gasteiger partial charge in [-0.05, 0) is 31.4 Å². The van der Waals surface area contributed by atoms with Crippen LogP contribution in [-0.4, -0.2) is 18.6 Å². The van der Waals surface area contributed by atoms with Crippen molar-refractivity contribution in [2.45, 2.75) is 51.0 Å². The molecule has 1 aliphatic rings. The molecule has 0 aliphatic heterocycles. The summed E-state index contributed by atoms with van der Waals surface area (Å²) in [5.74, 6) is 1.04. The standard InChI is InChI=1S/C16H23NO2/c18-16(17-14-8-3-1-4-9-14)12-7-13-19-15-10-5-2-6-11-15/h2,5-6,10-11,14H,1,3-4,7-9,12-13H2,(H,17,18). The molecule has 3 heteroatoms. The van der Waals surface area contributed by atoms with Crippen molar-refractivity contribution in [3.63, 3.8) is 0 Å². The van der Waals surface area contributed by atoms with E-state index in [1.54, 1.807) is 0 Å². The van der Waals surface area contributed by atoms with Gasteiger partial charge in [-0.1, -0.05) is 37.5 Å². The highest BCUT2D eigenvalue weighted by atomic mass is 16.5. The van der Waals surface area contributed by atoms with Crippen LogP contribution in [0.4, 0.5) is 0 Å². The summed E-state index contributed by atoms with van der Waals surface area (Å²) >= 11 is 0. The van der Waals surface area contributed by atoms with E-state index in [0.29, 0.717) is 19.1 Å². The highest BCUT2D eigenvalue weighted by molar-refractivity contribution is 5.76. The summed E-state index contributed by atoms with van der Waals surface area (Å²) < 4.78 is 5.57. The Morgan fingerprint density at radius 3 is 2.63 bits per heavy atom. The zero-order valence-electron chi connectivity index (χ0n) is 11.4. The smallest absolute Gasteiger partial charge is 0.220 e. The highest BCUT2D eigenvalue weighted by Crippen LogP contribution is 2.17. The molecule has 1 fully saturated rings. The fourth-order valence-corrected chi connectivity index (χ4v) is 2.49. The minimum atomic E-state index is 0.170. The van der Waals surface area contributed by atoms with Crippen molar-refractivity contribution < 1.29 is 9.53 Å². The second-order valence-corrected chi connectivity index (χ2v) is 5.17. The van der Waals surface area contributed by atoms with E-state index in [0.717, 1.165) is 25.0 Å². The zero-order valence-corrected chi connectivity index (χ0v) is 11.4. The fourth-order valence-electron chi connectivity index (χ4n) is 2.49. The van der Waals surface area contributed by atoms with E-state index >= 15 is 0 Å². The Bertz CT molecular complexity index is 372. The average molecular weight is 261 g/mol. The first-order valence-corrected chi connectivity index (χ1v) is 7.32. The molecule has 0 unspecified atom stereocenters. The number of rotatable bonds is 6. The Balaban J connectivity index is 1.56. The maximum Gasteiger partial charge on any atom is 0.220 e. The lowest BCUT2D eigenvalue weighted by molar-refractivity contribution is -0.122. The Kier molecular flexibility index (Phi) is 5.73. The molecule has 1 aromatic carbocycles. The van der Waals surface area contributed by atoms with E-state index in [1.165, 1.54) is 19.3 Å². The normalized spacial score (nSPS) is 16.0. The van der Waals surface area contributed by atoms with E-state index in [4.69, 9.17) is 4.74 Å². The molecule has 0 radical (unpaired) electrons. The Labute approximate surface area is 115 Å². The predicted molar refractivity (Wildman–Crippen MR) is 76.2 cm³/mol. The van der Waals surface area contributed by atoms with Gasteiger partial charge in [0.2, 0.25) is 5.91 Å². The van der Waals surface area contributed by atoms with Gasteiger partial charge in [-0.15, -0.1) is 0 Å². The summed E-state index contributed by atoms with van der Waals surface area (Å²) in [6, 6.07) is 10.1. The Morgan fingerprint density at radius 1 is 1.16 bits per heavy atom. The third-order valence-corrected chi connectivity index (χ3v) is 3.53. The minimum absolute atomic E-state index is 0.170. The van der Waals surface area contributed by atoms with Crippen LogP contribution in [0.3, 0.4) is 0 Å². The molecule has 0 bridgehead atoms. The maximum atomic E-state index is 11.8. The van der Waals surface area contributed by atoms with Gasteiger partial charge in [0.25, 0.3) is 0 Å². The number of benzene rings is 1. The molecule has 1 aliphatic carbocycles. The third-order valence-electron chi connectivity index (χ3n) is 3.53. The number of para-hydroxylation sites is 1. The van der Waals surface area contributed by atoms with E-state index in [2.05, 4.69) is 5.32 Å². The first kappa shape index (κ1) is 13.9. The van der Waals surface area contributed by atoms with Crippen LogP contribution >= 0.6 is 0 Å². The topological polar surface area (TPSA) is 38.3 Å². The molecule has 1 N–H and O–H groups in total. The van der Waals surface area contributed by atoms with Crippen LogP contribution in [0.2, 0.25) is 0 Å². The van der Waals surface area contributed by atoms with Crippen molar-refractivity contribution in [3.05, 3.63) is 30.3 Å². The van der Waals surface area contributed by atoms with Crippen LogP contribution in [0.25, 0.3) is 0 Å². The van der Waals surface area contributed by atoms with Crippen molar-refractivity contribution in [3.8, 4) is 5.75 Å². The Hall–Kier alpha value is -1.51. The minimum Gasteiger partial charge on any atom is -0.494 e. The summed E-state index contributed by atoms with van der Waals surface area (Å²) in [6.45, 7) is 0.599. The average Bonchev–Trinajstić information content (AvgIpc) is 2.46. The molecule has 0 heterocycles. The van der Waals surface area contributed by atoms with E-state index in [1.807, 2.05) is 30.3 Å². The lowest BCUT2D eigenvalue weighted by atomic mass is 9.95. The van der Waals surface area contributed by atoms with Crippen LogP contribution in [0.1, 0.15) is 44.9 Å². The summed E-state index contributed by atoms with van der Waals surface area (Å²) in [7, 11) is 0. The van der Waals surface area contributed by atoms with Gasteiger partial charge in [0.05, 0.1) is 6.61 Å². The summed E-state index contributed by atoms with van der Waals surface area (Å²) in [5.41, 5.74) is 0. The van der Waals surface area contributed by atoms with Crippen molar-refractivity contribution in [2.75, 3.05) is 6.61 Å². The number of carbonyl (C=O) groups is 1. The van der Waals surface area contributed by atoms with Crippen molar-refractivity contribution in [2.24, 2.45) is 0 Å². The van der Waals surface area contributed by atoms with Gasteiger partial charge in [-0.25, -0.2) is 0 Å². The molecular weight excluding hydrogens is 238 g/mol. The van der Waals surface area contributed by atoms with Gasteiger partial charge < -0.3 is 10.1 Å². The molecule has 19 heavy (non-hydrogen) atoms. The second-order valence-electron chi connectivity index (χ2n) is 5.17. The number of nitrogens with one attached hydrogen (secondary N) is 1. The molecule has 1 saturated carbocycles. The molecule has 1 amide bonds. The van der Waals surface area contributed by atoms with Gasteiger partial charge >= 0.3 is 0 Å². The third kappa shape index (κ3) is 5.33. The molecule has 2 rings (SSSR count). The number of hydrogen-bond donors (Lipinski definition) is 1. The highest BCUT2D eigenvalue weighted by Gasteiger charge is 2.15. The largest absolute Gasteiger partial charge is 0.494 e. The van der Waals surface area contributed by atoms with Gasteiger partial charge in [-0.3, -0.25) is 4.79 Å². The quantitative estimate of drug-likeness (QED) is 0.798. The Morgan fingerprint density at radius 2 is 1.89 bits per heavy atom. The summed E-state index contributed by atoms with van der Waals surface area (Å²) in [6.07, 6.45) is 7.44. The van der Waals surface area contributed by atoms with Gasteiger partial charge in [0.1, 0.15) is 5.75 Å². The molecule has 0 aromatic heterocycles. The van der Waals surface area contributed by atoms with Crippen LogP contribution in [0, 0.1) is 0 Å². The fraction of sp³-hybridized carbons (Fsp3) is 0.562. The number of carbonyl (C=O) groups excluding carboxylic acids is 1. The van der Waals surface area contributed by atoms with Crippen molar-refractivity contribution in [1.29, 1.82) is 0 Å². The molecule has 0 saturated heterocycles. The maximum absolute atomic E-state index is 11.8. The van der Waals surface area contributed by atoms with Gasteiger partial charge in [0, 0.05) is 12.5 Å². The van der Waals surface area contributed by atoms with Gasteiger partial charge in [0.15, 0.2) is 0 Å². The van der Waals surface area contributed by atoms with Crippen LogP contribution in [0.15, 0.2) is 30.3 Å². The van der Waals surface area contributed by atoms with E-state index < -0.39 is 0 Å². The molecule has 104 valence electrons. The first-order valence-electron chi connectivity index (χ1n) is 7.32. The zero-order chi connectivity index (χ0) is 13.3. The first-order chi connectivity index (χ1) is 9.34. The van der Waals surface area contributed by atoms with Crippen LogP contribution in [0.5, 0.6) is 5.75 Å². The predicted octanol–water partition coefficient (Wildman–Crippen LogP) is 3.29. The molecule has 0 spiro atoms. The van der Waals surface area contributed by atoms with Crippen molar-refractivity contribution >= 4 is 5.91 Å². The molecular formula is C16H23NO2. The summed E-state index contributed by atoms with van der Waals surface area (Å²) in [5, 5.41) is 3.12. The van der Waals surface area contributed by atoms with Crippen molar-refractivity contribution in [1.82, 2.24) is 5.32 Å².